The Bertz CT molecular complexity index is 1150. The molecule has 0 atom stereocenters. The van der Waals surface area contributed by atoms with E-state index < -0.39 is 0 Å². The van der Waals surface area contributed by atoms with Crippen molar-refractivity contribution in [1.29, 1.82) is 0 Å². The lowest BCUT2D eigenvalue weighted by Gasteiger charge is -2.21. The molecule has 0 saturated carbocycles. The molecule has 0 unspecified atom stereocenters. The van der Waals surface area contributed by atoms with Crippen LogP contribution in [0.25, 0.3) is 10.9 Å². The van der Waals surface area contributed by atoms with E-state index in [2.05, 4.69) is 9.97 Å². The predicted molar refractivity (Wildman–Crippen MR) is 105 cm³/mol. The zero-order valence-electron chi connectivity index (χ0n) is 14.8. The standard InChI is InChI=1S/C19H15Cl2N3O4/c1-2-24(19(26)10-5-13(21)17-15(6-10)27-9-28-17)8-16-22-14-7-11(20)3-4-12(14)18(25)23-16/h3-7H,2,8-9H2,1H3,(H,22,23,25). The summed E-state index contributed by atoms with van der Waals surface area (Å²) < 4.78 is 10.6. The molecule has 9 heteroatoms. The summed E-state index contributed by atoms with van der Waals surface area (Å²) in [5.41, 5.74) is 0.550. The first-order chi connectivity index (χ1) is 13.5. The second kappa shape index (κ2) is 7.33. The molecule has 0 fully saturated rings. The third-order valence-corrected chi connectivity index (χ3v) is 4.92. The number of ether oxygens (including phenoxy) is 2. The third-order valence-electron chi connectivity index (χ3n) is 4.40. The van der Waals surface area contributed by atoms with Gasteiger partial charge in [-0.1, -0.05) is 23.2 Å². The van der Waals surface area contributed by atoms with Crippen LogP contribution in [0.1, 0.15) is 23.1 Å². The van der Waals surface area contributed by atoms with Crippen molar-refractivity contribution in [2.45, 2.75) is 13.5 Å². The average molecular weight is 420 g/mol. The number of fused-ring (bicyclic) bond motifs is 2. The first-order valence-corrected chi connectivity index (χ1v) is 9.28. The Morgan fingerprint density at radius 2 is 2.07 bits per heavy atom. The van der Waals surface area contributed by atoms with Crippen molar-refractivity contribution in [3.05, 3.63) is 62.1 Å². The minimum atomic E-state index is -0.286. The number of benzene rings is 2. The summed E-state index contributed by atoms with van der Waals surface area (Å²) in [5, 5.41) is 1.22. The monoisotopic (exact) mass is 419 g/mol. The fourth-order valence-corrected chi connectivity index (χ4v) is 3.45. The third kappa shape index (κ3) is 3.39. The van der Waals surface area contributed by atoms with Crippen molar-refractivity contribution in [2.24, 2.45) is 0 Å². The number of hydrogen-bond donors (Lipinski definition) is 1. The van der Waals surface area contributed by atoms with E-state index in [1.54, 1.807) is 29.2 Å². The van der Waals surface area contributed by atoms with E-state index in [4.69, 9.17) is 32.7 Å². The van der Waals surface area contributed by atoms with E-state index in [9.17, 15) is 9.59 Å². The van der Waals surface area contributed by atoms with E-state index in [0.717, 1.165) is 0 Å². The summed E-state index contributed by atoms with van der Waals surface area (Å²) in [4.78, 5) is 34.0. The summed E-state index contributed by atoms with van der Waals surface area (Å²) in [6, 6.07) is 7.99. The van der Waals surface area contributed by atoms with Gasteiger partial charge in [0.25, 0.3) is 11.5 Å². The first kappa shape index (κ1) is 18.6. The van der Waals surface area contributed by atoms with Crippen molar-refractivity contribution in [3.63, 3.8) is 0 Å². The summed E-state index contributed by atoms with van der Waals surface area (Å²) in [7, 11) is 0. The number of carbonyl (C=O) groups is 1. The number of aromatic nitrogens is 2. The van der Waals surface area contributed by atoms with Gasteiger partial charge < -0.3 is 19.4 Å². The van der Waals surface area contributed by atoms with Crippen molar-refractivity contribution in [2.75, 3.05) is 13.3 Å². The average Bonchev–Trinajstić information content (AvgIpc) is 3.14. The lowest BCUT2D eigenvalue weighted by atomic mass is 10.1. The quantitative estimate of drug-likeness (QED) is 0.697. The minimum absolute atomic E-state index is 0.0645. The summed E-state index contributed by atoms with van der Waals surface area (Å²) in [6.07, 6.45) is 0. The van der Waals surface area contributed by atoms with Crippen LogP contribution in [0.4, 0.5) is 0 Å². The molecule has 1 N–H and O–H groups in total. The largest absolute Gasteiger partial charge is 0.454 e. The minimum Gasteiger partial charge on any atom is -0.454 e. The molecule has 7 nitrogen and oxygen atoms in total. The van der Waals surface area contributed by atoms with E-state index >= 15 is 0 Å². The molecule has 3 aromatic rings. The van der Waals surface area contributed by atoms with E-state index in [-0.39, 0.29) is 24.8 Å². The lowest BCUT2D eigenvalue weighted by molar-refractivity contribution is 0.0748. The maximum atomic E-state index is 13.0. The van der Waals surface area contributed by atoms with Crippen molar-refractivity contribution >= 4 is 40.0 Å². The normalized spacial score (nSPS) is 12.4. The Kier molecular flexibility index (Phi) is 4.87. The summed E-state index contributed by atoms with van der Waals surface area (Å²) >= 11 is 12.2. The van der Waals surface area contributed by atoms with Gasteiger partial charge in [-0.15, -0.1) is 0 Å². The highest BCUT2D eigenvalue weighted by Crippen LogP contribution is 2.40. The van der Waals surface area contributed by atoms with Crippen LogP contribution in [0, 0.1) is 0 Å². The van der Waals surface area contributed by atoms with Gasteiger partial charge in [0.2, 0.25) is 6.79 Å². The maximum absolute atomic E-state index is 13.0. The van der Waals surface area contributed by atoms with Gasteiger partial charge in [-0.25, -0.2) is 4.98 Å². The SMILES string of the molecule is CCN(Cc1nc2cc(Cl)ccc2c(=O)[nH]1)C(=O)c1cc(Cl)c2c(c1)OCO2. The Morgan fingerprint density at radius 1 is 1.25 bits per heavy atom. The molecule has 2 aromatic carbocycles. The molecule has 1 aromatic heterocycles. The van der Waals surface area contributed by atoms with Crippen LogP contribution >= 0.6 is 23.2 Å². The van der Waals surface area contributed by atoms with Gasteiger partial charge in [0.1, 0.15) is 5.82 Å². The molecule has 0 radical (unpaired) electrons. The molecular formula is C19H15Cl2N3O4. The van der Waals surface area contributed by atoms with Gasteiger partial charge in [-0.05, 0) is 37.3 Å². The zero-order valence-corrected chi connectivity index (χ0v) is 16.3. The van der Waals surface area contributed by atoms with Crippen LogP contribution in [-0.2, 0) is 6.54 Å². The number of hydrogen-bond acceptors (Lipinski definition) is 5. The Hall–Kier alpha value is -2.77. The van der Waals surface area contributed by atoms with Crippen LogP contribution in [-0.4, -0.2) is 34.1 Å². The maximum Gasteiger partial charge on any atom is 0.258 e. The number of nitrogens with zero attached hydrogens (tertiary/aromatic N) is 2. The van der Waals surface area contributed by atoms with Crippen LogP contribution in [0.5, 0.6) is 11.5 Å². The van der Waals surface area contributed by atoms with E-state index in [0.29, 0.717) is 50.4 Å². The number of rotatable bonds is 4. The number of halogens is 2. The Labute approximate surface area is 169 Å². The molecule has 0 bridgehead atoms. The molecule has 4 rings (SSSR count). The van der Waals surface area contributed by atoms with Gasteiger partial charge in [0.05, 0.1) is 22.5 Å². The van der Waals surface area contributed by atoms with Gasteiger partial charge in [0, 0.05) is 17.1 Å². The van der Waals surface area contributed by atoms with E-state index in [1.165, 1.54) is 6.07 Å². The second-order valence-corrected chi connectivity index (χ2v) is 7.03. The number of carbonyl (C=O) groups excluding carboxylic acids is 1. The van der Waals surface area contributed by atoms with Crippen LogP contribution in [0.3, 0.4) is 0 Å². The van der Waals surface area contributed by atoms with E-state index in [1.807, 2.05) is 6.92 Å². The number of amides is 1. The van der Waals surface area contributed by atoms with Gasteiger partial charge >= 0.3 is 0 Å². The molecule has 28 heavy (non-hydrogen) atoms. The molecule has 2 heterocycles. The molecule has 1 amide bonds. The van der Waals surface area contributed by atoms with Crippen LogP contribution in [0.15, 0.2) is 35.1 Å². The molecule has 0 spiro atoms. The topological polar surface area (TPSA) is 84.5 Å². The van der Waals surface area contributed by atoms with Crippen molar-refractivity contribution < 1.29 is 14.3 Å². The second-order valence-electron chi connectivity index (χ2n) is 6.19. The molecule has 0 saturated heterocycles. The number of aromatic amines is 1. The van der Waals surface area contributed by atoms with Crippen molar-refractivity contribution in [3.8, 4) is 11.5 Å². The predicted octanol–water partition coefficient (Wildman–Crippen LogP) is 3.62. The van der Waals surface area contributed by atoms with Crippen LogP contribution in [0.2, 0.25) is 10.0 Å². The Morgan fingerprint density at radius 3 is 2.86 bits per heavy atom. The molecular weight excluding hydrogens is 405 g/mol. The number of nitrogens with one attached hydrogen (secondary N) is 1. The highest BCUT2D eigenvalue weighted by Gasteiger charge is 2.23. The lowest BCUT2D eigenvalue weighted by Crippen LogP contribution is -2.32. The summed E-state index contributed by atoms with van der Waals surface area (Å²) in [6.45, 7) is 2.43. The van der Waals surface area contributed by atoms with Crippen molar-refractivity contribution in [1.82, 2.24) is 14.9 Å². The molecule has 0 aliphatic carbocycles. The van der Waals surface area contributed by atoms with Gasteiger partial charge in [-0.3, -0.25) is 9.59 Å². The van der Waals surface area contributed by atoms with Crippen LogP contribution < -0.4 is 15.0 Å². The molecule has 1 aliphatic heterocycles. The van der Waals surface area contributed by atoms with Gasteiger partial charge in [0.15, 0.2) is 11.5 Å². The van der Waals surface area contributed by atoms with Gasteiger partial charge in [-0.2, -0.15) is 0 Å². The first-order valence-electron chi connectivity index (χ1n) is 8.53. The molecule has 1 aliphatic rings. The zero-order chi connectivity index (χ0) is 19.8. The smallest absolute Gasteiger partial charge is 0.258 e. The summed E-state index contributed by atoms with van der Waals surface area (Å²) in [5.74, 6) is 0.954. The highest BCUT2D eigenvalue weighted by atomic mass is 35.5. The fraction of sp³-hybridized carbons (Fsp3) is 0.211. The fourth-order valence-electron chi connectivity index (χ4n) is 3.02. The molecule has 144 valence electrons. The highest BCUT2D eigenvalue weighted by molar-refractivity contribution is 6.32. The Balaban J connectivity index is 1.65. The number of H-pyrrole nitrogens is 1.